The summed E-state index contributed by atoms with van der Waals surface area (Å²) in [7, 11) is 0. The molecule has 1 aliphatic heterocycles. The van der Waals surface area contributed by atoms with E-state index >= 15 is 0 Å². The van der Waals surface area contributed by atoms with E-state index in [-0.39, 0.29) is 11.6 Å². The Bertz CT molecular complexity index is 392. The lowest BCUT2D eigenvalue weighted by Gasteiger charge is -2.46. The highest BCUT2D eigenvalue weighted by Gasteiger charge is 2.37. The molecule has 0 bridgehead atoms. The summed E-state index contributed by atoms with van der Waals surface area (Å²) in [5, 5.41) is 10.9. The lowest BCUT2D eigenvalue weighted by atomic mass is 9.87. The van der Waals surface area contributed by atoms with E-state index < -0.39 is 0 Å². The molecule has 0 aromatic heterocycles. The third-order valence-electron chi connectivity index (χ3n) is 3.86. The van der Waals surface area contributed by atoms with Crippen LogP contribution >= 0.6 is 11.6 Å². The molecule has 1 N–H and O–H groups in total. The average Bonchev–Trinajstić information content (AvgIpc) is 2.28. The van der Waals surface area contributed by atoms with Gasteiger partial charge in [0, 0.05) is 17.1 Å². The van der Waals surface area contributed by atoms with E-state index in [2.05, 4.69) is 24.8 Å². The molecule has 1 aliphatic rings. The highest BCUT2D eigenvalue weighted by atomic mass is 35.5. The van der Waals surface area contributed by atoms with E-state index in [1.165, 1.54) is 0 Å². The molecule has 1 aromatic carbocycles. The zero-order valence-electron chi connectivity index (χ0n) is 10.5. The lowest BCUT2D eigenvalue weighted by Crippen LogP contribution is -2.55. The van der Waals surface area contributed by atoms with Gasteiger partial charge in [0.15, 0.2) is 0 Å². The van der Waals surface area contributed by atoms with E-state index in [0.717, 1.165) is 36.5 Å². The van der Waals surface area contributed by atoms with Crippen molar-refractivity contribution in [3.63, 3.8) is 0 Å². The van der Waals surface area contributed by atoms with Crippen molar-refractivity contribution in [2.24, 2.45) is 0 Å². The maximum absolute atomic E-state index is 10.1. The van der Waals surface area contributed by atoms with Crippen LogP contribution in [0, 0.1) is 0 Å². The Hall–Kier alpha value is -0.570. The van der Waals surface area contributed by atoms with Crippen LogP contribution in [0.15, 0.2) is 24.3 Å². The normalized spacial score (nSPS) is 24.8. The smallest absolute Gasteiger partial charge is 0.0719 e. The van der Waals surface area contributed by atoms with E-state index in [1.807, 2.05) is 18.2 Å². The maximum atomic E-state index is 10.1. The summed E-state index contributed by atoms with van der Waals surface area (Å²) in [6, 6.07) is 7.93. The van der Waals surface area contributed by atoms with Crippen LogP contribution in [0.5, 0.6) is 0 Å². The van der Waals surface area contributed by atoms with Crippen LogP contribution in [-0.2, 0) is 6.54 Å². The lowest BCUT2D eigenvalue weighted by molar-refractivity contribution is -0.0480. The number of likely N-dealkylation sites (tertiary alicyclic amines) is 1. The Kier molecular flexibility index (Phi) is 3.76. The first-order valence-electron chi connectivity index (χ1n) is 6.18. The molecular formula is C14H20ClNO. The van der Waals surface area contributed by atoms with Crippen molar-refractivity contribution in [2.75, 3.05) is 6.54 Å². The van der Waals surface area contributed by atoms with E-state index in [0.29, 0.717) is 0 Å². The molecule has 1 saturated heterocycles. The Labute approximate surface area is 108 Å². The van der Waals surface area contributed by atoms with Crippen LogP contribution in [0.3, 0.4) is 0 Å². The Morgan fingerprint density at radius 3 is 2.82 bits per heavy atom. The molecule has 1 fully saturated rings. The fourth-order valence-corrected chi connectivity index (χ4v) is 2.64. The molecule has 94 valence electrons. The predicted molar refractivity (Wildman–Crippen MR) is 71.2 cm³/mol. The number of halogens is 1. The van der Waals surface area contributed by atoms with Gasteiger partial charge < -0.3 is 5.11 Å². The molecular weight excluding hydrogens is 234 g/mol. The van der Waals surface area contributed by atoms with Crippen LogP contribution < -0.4 is 0 Å². The molecule has 2 nitrogen and oxygen atoms in total. The van der Waals surface area contributed by atoms with Gasteiger partial charge in [0.2, 0.25) is 0 Å². The second-order valence-electron chi connectivity index (χ2n) is 5.32. The number of benzene rings is 1. The largest absolute Gasteiger partial charge is 0.391 e. The molecule has 1 heterocycles. The number of hydrogen-bond donors (Lipinski definition) is 1. The van der Waals surface area contributed by atoms with Crippen molar-refractivity contribution in [3.8, 4) is 0 Å². The zero-order chi connectivity index (χ0) is 12.5. The summed E-state index contributed by atoms with van der Waals surface area (Å²) in [6.07, 6.45) is 1.69. The Morgan fingerprint density at radius 2 is 2.12 bits per heavy atom. The molecule has 0 spiro atoms. The highest BCUT2D eigenvalue weighted by Crippen LogP contribution is 2.30. The van der Waals surface area contributed by atoms with Crippen molar-refractivity contribution >= 4 is 11.6 Å². The van der Waals surface area contributed by atoms with Crippen LogP contribution in [0.4, 0.5) is 0 Å². The molecule has 1 unspecified atom stereocenters. The quantitative estimate of drug-likeness (QED) is 0.876. The molecule has 1 atom stereocenters. The molecule has 1 aromatic rings. The van der Waals surface area contributed by atoms with Gasteiger partial charge in [-0.2, -0.15) is 0 Å². The minimum Gasteiger partial charge on any atom is -0.391 e. The molecule has 0 amide bonds. The van der Waals surface area contributed by atoms with Gasteiger partial charge in [-0.25, -0.2) is 0 Å². The van der Waals surface area contributed by atoms with Crippen molar-refractivity contribution in [1.29, 1.82) is 0 Å². The standard InChI is InChI=1S/C14H20ClNO/c1-14(2)13(17)8-5-9-16(14)10-11-6-3-4-7-12(11)15/h3-4,6-7,13,17H,5,8-10H2,1-2H3. The molecule has 0 saturated carbocycles. The molecule has 3 heteroatoms. The second kappa shape index (κ2) is 4.97. The van der Waals surface area contributed by atoms with E-state index in [9.17, 15) is 5.11 Å². The minimum absolute atomic E-state index is 0.169. The SMILES string of the molecule is CC1(C)C(O)CCCN1Cc1ccccc1Cl. The zero-order valence-corrected chi connectivity index (χ0v) is 11.2. The molecule has 0 aliphatic carbocycles. The van der Waals surface area contributed by atoms with Crippen LogP contribution in [0.2, 0.25) is 5.02 Å². The number of hydrogen-bond acceptors (Lipinski definition) is 2. The van der Waals surface area contributed by atoms with E-state index in [1.54, 1.807) is 0 Å². The van der Waals surface area contributed by atoms with Gasteiger partial charge in [-0.3, -0.25) is 4.90 Å². The monoisotopic (exact) mass is 253 g/mol. The second-order valence-corrected chi connectivity index (χ2v) is 5.73. The van der Waals surface area contributed by atoms with Gasteiger partial charge in [0.25, 0.3) is 0 Å². The molecule has 0 radical (unpaired) electrons. The fourth-order valence-electron chi connectivity index (χ4n) is 2.44. The van der Waals surface area contributed by atoms with Gasteiger partial charge in [-0.1, -0.05) is 29.8 Å². The third kappa shape index (κ3) is 2.65. The van der Waals surface area contributed by atoms with Gasteiger partial charge in [0.05, 0.1) is 6.10 Å². The number of aliphatic hydroxyl groups is 1. The summed E-state index contributed by atoms with van der Waals surface area (Å²) < 4.78 is 0. The van der Waals surface area contributed by atoms with Crippen molar-refractivity contribution in [2.45, 2.75) is 44.9 Å². The Balaban J connectivity index is 2.15. The summed E-state index contributed by atoms with van der Waals surface area (Å²) in [6.45, 7) is 6.04. The number of nitrogens with zero attached hydrogens (tertiary/aromatic N) is 1. The summed E-state index contributed by atoms with van der Waals surface area (Å²) >= 11 is 6.18. The van der Waals surface area contributed by atoms with Gasteiger partial charge >= 0.3 is 0 Å². The van der Waals surface area contributed by atoms with Gasteiger partial charge in [0.1, 0.15) is 0 Å². The summed E-state index contributed by atoms with van der Waals surface area (Å²) in [5.74, 6) is 0. The predicted octanol–water partition coefficient (Wildman–Crippen LogP) is 3.08. The van der Waals surface area contributed by atoms with Crippen molar-refractivity contribution < 1.29 is 5.11 Å². The number of piperidine rings is 1. The van der Waals surface area contributed by atoms with Crippen molar-refractivity contribution in [3.05, 3.63) is 34.9 Å². The van der Waals surface area contributed by atoms with Crippen LogP contribution in [0.1, 0.15) is 32.3 Å². The minimum atomic E-state index is -0.251. The van der Waals surface area contributed by atoms with Crippen LogP contribution in [0.25, 0.3) is 0 Å². The van der Waals surface area contributed by atoms with Gasteiger partial charge in [-0.15, -0.1) is 0 Å². The first kappa shape index (κ1) is 12.9. The third-order valence-corrected chi connectivity index (χ3v) is 4.22. The maximum Gasteiger partial charge on any atom is 0.0719 e. The number of aliphatic hydroxyl groups excluding tert-OH is 1. The topological polar surface area (TPSA) is 23.5 Å². The van der Waals surface area contributed by atoms with Gasteiger partial charge in [-0.05, 0) is 44.9 Å². The van der Waals surface area contributed by atoms with Crippen molar-refractivity contribution in [1.82, 2.24) is 4.90 Å². The molecule has 2 rings (SSSR count). The summed E-state index contributed by atoms with van der Waals surface area (Å²) in [5.41, 5.74) is 0.966. The van der Waals surface area contributed by atoms with Crippen LogP contribution in [-0.4, -0.2) is 28.2 Å². The Morgan fingerprint density at radius 1 is 1.41 bits per heavy atom. The average molecular weight is 254 g/mol. The highest BCUT2D eigenvalue weighted by molar-refractivity contribution is 6.31. The van der Waals surface area contributed by atoms with E-state index in [4.69, 9.17) is 11.6 Å². The fraction of sp³-hybridized carbons (Fsp3) is 0.571. The first-order valence-corrected chi connectivity index (χ1v) is 6.56. The number of rotatable bonds is 2. The molecule has 17 heavy (non-hydrogen) atoms. The summed E-state index contributed by atoms with van der Waals surface area (Å²) in [4.78, 5) is 2.32. The first-order chi connectivity index (χ1) is 8.01.